The summed E-state index contributed by atoms with van der Waals surface area (Å²) in [7, 11) is 0. The number of hydrogen-bond donors (Lipinski definition) is 0. The minimum atomic E-state index is 0.662. The van der Waals surface area contributed by atoms with Gasteiger partial charge in [0.25, 0.3) is 0 Å². The van der Waals surface area contributed by atoms with Crippen molar-refractivity contribution < 1.29 is 0 Å². The van der Waals surface area contributed by atoms with E-state index in [0.717, 1.165) is 25.7 Å². The third-order valence-corrected chi connectivity index (χ3v) is 7.48. The van der Waals surface area contributed by atoms with Crippen LogP contribution in [0.2, 0.25) is 0 Å². The normalized spacial score (nSPS) is 13.4. The molecule has 3 aromatic carbocycles. The van der Waals surface area contributed by atoms with Gasteiger partial charge in [-0.1, -0.05) is 127 Å². The molecule has 0 heterocycles. The zero-order chi connectivity index (χ0) is 24.5. The van der Waals surface area contributed by atoms with E-state index in [-0.39, 0.29) is 0 Å². The van der Waals surface area contributed by atoms with Gasteiger partial charge in [-0.15, -0.1) is 0 Å². The lowest BCUT2D eigenvalue weighted by Crippen LogP contribution is -2.11. The van der Waals surface area contributed by atoms with Crippen LogP contribution in [-0.2, 0) is 12.8 Å². The summed E-state index contributed by atoms with van der Waals surface area (Å²) in [6.07, 6.45) is 6.79. The van der Waals surface area contributed by atoms with Gasteiger partial charge in [0.1, 0.15) is 0 Å². The van der Waals surface area contributed by atoms with E-state index in [9.17, 15) is 0 Å². The molecule has 180 valence electrons. The lowest BCUT2D eigenvalue weighted by atomic mass is 9.79. The largest absolute Gasteiger partial charge is 0.0651 e. The average molecular weight is 453 g/mol. The molecule has 0 saturated carbocycles. The topological polar surface area (TPSA) is 0 Å². The second-order valence-corrected chi connectivity index (χ2v) is 10.1. The van der Waals surface area contributed by atoms with E-state index in [2.05, 4.69) is 114 Å². The Labute approximate surface area is 209 Å². The summed E-state index contributed by atoms with van der Waals surface area (Å²) in [6, 6.07) is 27.9. The molecule has 0 aliphatic rings. The Hall–Kier alpha value is -2.34. The van der Waals surface area contributed by atoms with Crippen molar-refractivity contribution in [1.82, 2.24) is 0 Å². The van der Waals surface area contributed by atoms with Crippen LogP contribution in [0.4, 0.5) is 0 Å². The summed E-state index contributed by atoms with van der Waals surface area (Å²) in [5.74, 6) is 4.27. The quantitative estimate of drug-likeness (QED) is 0.256. The molecule has 0 aliphatic carbocycles. The maximum atomic E-state index is 2.46. The summed E-state index contributed by atoms with van der Waals surface area (Å²) in [5, 5.41) is 0. The predicted molar refractivity (Wildman–Crippen MR) is 149 cm³/mol. The molecule has 0 bridgehead atoms. The van der Waals surface area contributed by atoms with E-state index in [0.29, 0.717) is 11.8 Å². The Balaban J connectivity index is 2.01. The van der Waals surface area contributed by atoms with Gasteiger partial charge in [0, 0.05) is 11.8 Å². The SMILES string of the molecule is CCc1ccc([C](CC(C)CC)c2cccc([C](CC(C)CC)c3ccc(CC)cc3)c2)cc1. The molecular formula is C34H44. The molecule has 0 nitrogen and oxygen atoms in total. The molecule has 34 heavy (non-hydrogen) atoms. The standard InChI is InChI=1S/C34H44/c1-7-25(5)22-33(29-18-14-27(9-3)15-19-29)31-12-11-13-32(24-31)34(23-26(6)8-2)30-20-16-28(10-4)17-21-30/h11-21,24-26H,7-10,22-23H2,1-6H3. The van der Waals surface area contributed by atoms with E-state index in [1.165, 1.54) is 58.1 Å². The monoisotopic (exact) mass is 452 g/mol. The molecule has 0 N–H and O–H groups in total. The first-order valence-electron chi connectivity index (χ1n) is 13.5. The predicted octanol–water partition coefficient (Wildman–Crippen LogP) is 9.63. The Bertz CT molecular complexity index is 901. The van der Waals surface area contributed by atoms with E-state index in [1.54, 1.807) is 0 Å². The van der Waals surface area contributed by atoms with Crippen LogP contribution in [0, 0.1) is 23.7 Å². The van der Waals surface area contributed by atoms with Gasteiger partial charge < -0.3 is 0 Å². The lowest BCUT2D eigenvalue weighted by Gasteiger charge is -2.25. The summed E-state index contributed by atoms with van der Waals surface area (Å²) in [4.78, 5) is 0. The molecule has 0 heteroatoms. The molecule has 2 atom stereocenters. The maximum absolute atomic E-state index is 2.46. The van der Waals surface area contributed by atoms with Crippen molar-refractivity contribution in [3.05, 3.63) is 118 Å². The molecule has 2 radical (unpaired) electrons. The molecule has 3 aromatic rings. The van der Waals surface area contributed by atoms with Crippen LogP contribution in [0.1, 0.15) is 101 Å². The van der Waals surface area contributed by atoms with Crippen molar-refractivity contribution in [2.24, 2.45) is 11.8 Å². The van der Waals surface area contributed by atoms with Gasteiger partial charge in [-0.3, -0.25) is 0 Å². The van der Waals surface area contributed by atoms with Crippen LogP contribution in [0.3, 0.4) is 0 Å². The van der Waals surface area contributed by atoms with Gasteiger partial charge in [0.2, 0.25) is 0 Å². The van der Waals surface area contributed by atoms with Crippen LogP contribution in [0.25, 0.3) is 0 Å². The summed E-state index contributed by atoms with van der Waals surface area (Å²) < 4.78 is 0. The molecule has 0 aromatic heterocycles. The van der Waals surface area contributed by atoms with E-state index >= 15 is 0 Å². The Morgan fingerprint density at radius 2 is 0.912 bits per heavy atom. The third kappa shape index (κ3) is 6.84. The highest BCUT2D eigenvalue weighted by Crippen LogP contribution is 2.36. The van der Waals surface area contributed by atoms with Crippen molar-refractivity contribution in [3.8, 4) is 0 Å². The van der Waals surface area contributed by atoms with Crippen LogP contribution in [0.5, 0.6) is 0 Å². The first-order chi connectivity index (χ1) is 16.5. The van der Waals surface area contributed by atoms with Gasteiger partial charge in [-0.25, -0.2) is 0 Å². The first-order valence-corrected chi connectivity index (χ1v) is 13.5. The minimum Gasteiger partial charge on any atom is -0.0651 e. The molecule has 3 rings (SSSR count). The number of aryl methyl sites for hydroxylation is 2. The van der Waals surface area contributed by atoms with Gasteiger partial charge >= 0.3 is 0 Å². The van der Waals surface area contributed by atoms with Crippen LogP contribution >= 0.6 is 0 Å². The first kappa shape index (κ1) is 26.3. The van der Waals surface area contributed by atoms with E-state index < -0.39 is 0 Å². The number of hydrogen-bond acceptors (Lipinski definition) is 0. The summed E-state index contributed by atoms with van der Waals surface area (Å²) >= 11 is 0. The molecule has 0 spiro atoms. The van der Waals surface area contributed by atoms with Crippen LogP contribution < -0.4 is 0 Å². The second-order valence-electron chi connectivity index (χ2n) is 10.1. The fourth-order valence-electron chi connectivity index (χ4n) is 4.57. The maximum Gasteiger partial charge on any atom is 0.0342 e. The zero-order valence-electron chi connectivity index (χ0n) is 22.3. The van der Waals surface area contributed by atoms with Crippen molar-refractivity contribution in [3.63, 3.8) is 0 Å². The van der Waals surface area contributed by atoms with Gasteiger partial charge in [0.15, 0.2) is 0 Å². The van der Waals surface area contributed by atoms with Crippen molar-refractivity contribution >= 4 is 0 Å². The molecule has 2 unspecified atom stereocenters. The van der Waals surface area contributed by atoms with Gasteiger partial charge in [0.05, 0.1) is 0 Å². The van der Waals surface area contributed by atoms with Gasteiger partial charge in [-0.05, 0) is 70.9 Å². The number of rotatable bonds is 12. The zero-order valence-corrected chi connectivity index (χ0v) is 22.3. The smallest absolute Gasteiger partial charge is 0.0342 e. The van der Waals surface area contributed by atoms with Crippen LogP contribution in [-0.4, -0.2) is 0 Å². The molecule has 0 saturated heterocycles. The molecular weight excluding hydrogens is 408 g/mol. The van der Waals surface area contributed by atoms with Crippen molar-refractivity contribution in [1.29, 1.82) is 0 Å². The Morgan fingerprint density at radius 3 is 1.24 bits per heavy atom. The second kappa shape index (κ2) is 12.9. The Kier molecular flexibility index (Phi) is 10.00. The van der Waals surface area contributed by atoms with Crippen LogP contribution in [0.15, 0.2) is 72.8 Å². The molecule has 0 amide bonds. The average Bonchev–Trinajstić information content (AvgIpc) is 2.90. The third-order valence-electron chi connectivity index (χ3n) is 7.48. The highest BCUT2D eigenvalue weighted by Gasteiger charge is 2.22. The lowest BCUT2D eigenvalue weighted by molar-refractivity contribution is 0.538. The van der Waals surface area contributed by atoms with Crippen molar-refractivity contribution in [2.45, 2.75) is 80.1 Å². The number of benzene rings is 3. The molecule has 0 fully saturated rings. The highest BCUT2D eigenvalue weighted by atomic mass is 14.3. The summed E-state index contributed by atoms with van der Waals surface area (Å²) in [6.45, 7) is 13.8. The Morgan fingerprint density at radius 1 is 0.529 bits per heavy atom. The fraction of sp³-hybridized carbons (Fsp3) is 0.412. The van der Waals surface area contributed by atoms with E-state index in [1.807, 2.05) is 0 Å². The highest BCUT2D eigenvalue weighted by molar-refractivity contribution is 5.53. The molecule has 0 aliphatic heterocycles. The van der Waals surface area contributed by atoms with E-state index in [4.69, 9.17) is 0 Å². The summed E-state index contributed by atoms with van der Waals surface area (Å²) in [5.41, 5.74) is 8.28. The fourth-order valence-corrected chi connectivity index (χ4v) is 4.57. The minimum absolute atomic E-state index is 0.662. The van der Waals surface area contributed by atoms with Gasteiger partial charge in [-0.2, -0.15) is 0 Å². The van der Waals surface area contributed by atoms with Crippen molar-refractivity contribution in [2.75, 3.05) is 0 Å².